The first kappa shape index (κ1) is 36.8. The second-order valence-corrected chi connectivity index (χ2v) is 19.7. The monoisotopic (exact) mass is 703 g/mol. The van der Waals surface area contributed by atoms with Crippen molar-refractivity contribution in [3.63, 3.8) is 0 Å². The van der Waals surface area contributed by atoms with Crippen LogP contribution in [0.2, 0.25) is 23.2 Å². The van der Waals surface area contributed by atoms with Gasteiger partial charge in [-0.1, -0.05) is 62.7 Å². The molecule has 8 nitrogen and oxygen atoms in total. The maximum absolute atomic E-state index is 13.8. The second-order valence-electron chi connectivity index (χ2n) is 14.4. The molecule has 0 aliphatic carbocycles. The summed E-state index contributed by atoms with van der Waals surface area (Å²) in [6.07, 6.45) is -0.414. The first-order chi connectivity index (χ1) is 23.3. The van der Waals surface area contributed by atoms with Crippen LogP contribution in [0.5, 0.6) is 5.75 Å². The van der Waals surface area contributed by atoms with Gasteiger partial charge in [-0.2, -0.15) is 0 Å². The maximum Gasteiger partial charge on any atom is 0.311 e. The van der Waals surface area contributed by atoms with Gasteiger partial charge in [0.05, 0.1) is 19.0 Å². The summed E-state index contributed by atoms with van der Waals surface area (Å²) in [5.74, 6) is 0.0991. The van der Waals surface area contributed by atoms with Crippen LogP contribution in [0.4, 0.5) is 0 Å². The van der Waals surface area contributed by atoms with E-state index in [2.05, 4.69) is 43.7 Å². The minimum absolute atomic E-state index is 0.0156. The third kappa shape index (κ3) is 8.82. The number of rotatable bonds is 12. The largest absolute Gasteiger partial charge is 0.497 e. The number of hydrogen-bond acceptors (Lipinski definition) is 7. The van der Waals surface area contributed by atoms with Gasteiger partial charge in [-0.05, 0) is 78.6 Å². The average molecular weight is 704 g/mol. The normalized spacial score (nSPS) is 15.3. The molecule has 4 aromatic rings. The first-order valence-corrected chi connectivity index (χ1v) is 20.4. The molecule has 0 radical (unpaired) electrons. The number of methoxy groups -OCH3 is 1. The van der Waals surface area contributed by atoms with Gasteiger partial charge in [0.2, 0.25) is 0 Å². The van der Waals surface area contributed by atoms with Crippen molar-refractivity contribution >= 4 is 42.7 Å². The lowest BCUT2D eigenvalue weighted by Gasteiger charge is -2.39. The standard InChI is InChI=1S/C39H50ClN3O5Si/c1-28-33(34-25-32(46-5)17-18-35(34)43(28)38(45)30-13-15-31(40)16-14-30)26-37(44)48-36(29-11-9-8-10-12-29)27-42-21-19-41(20-22-42)23-24-47-49(6,7)39(2,3)4/h8-18,25,36H,19-24,26-27H2,1-7H3. The molecule has 262 valence electrons. The third-order valence-corrected chi connectivity index (χ3v) is 15.0. The highest BCUT2D eigenvalue weighted by Crippen LogP contribution is 2.36. The Bertz CT molecular complexity index is 1740. The number of carbonyl (C=O) groups excluding carboxylic acids is 2. The molecular formula is C39H50ClN3O5Si. The fraction of sp³-hybridized carbons (Fsp3) is 0.436. The summed E-state index contributed by atoms with van der Waals surface area (Å²) in [7, 11) is -0.164. The number of benzene rings is 3. The molecule has 1 aliphatic heterocycles. The van der Waals surface area contributed by atoms with Gasteiger partial charge in [0.1, 0.15) is 11.9 Å². The minimum Gasteiger partial charge on any atom is -0.497 e. The summed E-state index contributed by atoms with van der Waals surface area (Å²) < 4.78 is 19.9. The minimum atomic E-state index is -1.77. The van der Waals surface area contributed by atoms with Crippen molar-refractivity contribution in [3.8, 4) is 5.75 Å². The molecule has 0 bridgehead atoms. The molecule has 1 fully saturated rings. The van der Waals surface area contributed by atoms with E-state index >= 15 is 0 Å². The molecule has 49 heavy (non-hydrogen) atoms. The van der Waals surface area contributed by atoms with E-state index in [9.17, 15) is 9.59 Å². The van der Waals surface area contributed by atoms with Crippen LogP contribution in [-0.2, 0) is 20.4 Å². The Morgan fingerprint density at radius 3 is 2.20 bits per heavy atom. The second kappa shape index (κ2) is 15.6. The van der Waals surface area contributed by atoms with Crippen molar-refractivity contribution in [1.82, 2.24) is 14.4 Å². The molecule has 1 unspecified atom stereocenters. The third-order valence-electron chi connectivity index (χ3n) is 10.2. The predicted octanol–water partition coefficient (Wildman–Crippen LogP) is 7.77. The maximum atomic E-state index is 13.8. The van der Waals surface area contributed by atoms with E-state index in [4.69, 9.17) is 25.5 Å². The molecule has 1 aromatic heterocycles. The lowest BCUT2D eigenvalue weighted by molar-refractivity contribution is -0.149. The zero-order valence-corrected chi connectivity index (χ0v) is 31.7. The van der Waals surface area contributed by atoms with Crippen LogP contribution in [-0.4, -0.2) is 87.5 Å². The molecule has 1 aliphatic rings. The summed E-state index contributed by atoms with van der Waals surface area (Å²) in [6, 6.07) is 22.3. The quantitative estimate of drug-likeness (QED) is 0.110. The SMILES string of the molecule is COc1ccc2c(c1)c(CC(=O)OC(CN1CCN(CCO[Si](C)(C)C(C)(C)C)CC1)c1ccccc1)c(C)n2C(=O)c1ccc(Cl)cc1. The van der Waals surface area contributed by atoms with Crippen LogP contribution in [0.25, 0.3) is 10.9 Å². The fourth-order valence-electron chi connectivity index (χ4n) is 6.10. The van der Waals surface area contributed by atoms with Crippen molar-refractivity contribution < 1.29 is 23.5 Å². The fourth-order valence-corrected chi connectivity index (χ4v) is 7.26. The Morgan fingerprint density at radius 1 is 0.918 bits per heavy atom. The summed E-state index contributed by atoms with van der Waals surface area (Å²) in [5, 5.41) is 1.54. The zero-order chi connectivity index (χ0) is 35.3. The number of hydrogen-bond donors (Lipinski definition) is 0. The van der Waals surface area contributed by atoms with Crippen molar-refractivity contribution in [2.75, 3.05) is 53.0 Å². The van der Waals surface area contributed by atoms with E-state index in [-0.39, 0.29) is 23.3 Å². The Morgan fingerprint density at radius 2 is 1.57 bits per heavy atom. The number of fused-ring (bicyclic) bond motifs is 1. The molecule has 10 heteroatoms. The molecule has 0 amide bonds. The van der Waals surface area contributed by atoms with Gasteiger partial charge in [-0.15, -0.1) is 0 Å². The van der Waals surface area contributed by atoms with Crippen LogP contribution >= 0.6 is 11.6 Å². The van der Waals surface area contributed by atoms with Crippen molar-refractivity contribution in [2.24, 2.45) is 0 Å². The Kier molecular flexibility index (Phi) is 11.7. The lowest BCUT2D eigenvalue weighted by Crippen LogP contribution is -2.49. The number of aromatic nitrogens is 1. The van der Waals surface area contributed by atoms with Gasteiger partial charge >= 0.3 is 5.97 Å². The molecule has 0 N–H and O–H groups in total. The number of esters is 1. The zero-order valence-electron chi connectivity index (χ0n) is 29.9. The highest BCUT2D eigenvalue weighted by molar-refractivity contribution is 6.74. The van der Waals surface area contributed by atoms with E-state index in [0.29, 0.717) is 34.1 Å². The molecule has 1 saturated heterocycles. The average Bonchev–Trinajstić information content (AvgIpc) is 3.34. The molecule has 3 aromatic carbocycles. The summed E-state index contributed by atoms with van der Waals surface area (Å²) in [5.41, 5.74) is 3.58. The number of nitrogens with zero attached hydrogens (tertiary/aromatic N) is 3. The van der Waals surface area contributed by atoms with Crippen LogP contribution < -0.4 is 4.74 Å². The summed E-state index contributed by atoms with van der Waals surface area (Å²) in [6.45, 7) is 19.2. The number of halogens is 1. The highest BCUT2D eigenvalue weighted by atomic mass is 35.5. The van der Waals surface area contributed by atoms with E-state index in [0.717, 1.165) is 55.8 Å². The van der Waals surface area contributed by atoms with Crippen LogP contribution in [0, 0.1) is 6.92 Å². The number of carbonyl (C=O) groups is 2. The molecule has 0 saturated carbocycles. The summed E-state index contributed by atoms with van der Waals surface area (Å²) in [4.78, 5) is 32.4. The van der Waals surface area contributed by atoms with Crippen molar-refractivity contribution in [2.45, 2.75) is 58.4 Å². The van der Waals surface area contributed by atoms with Crippen molar-refractivity contribution in [1.29, 1.82) is 0 Å². The van der Waals surface area contributed by atoms with Gasteiger partial charge < -0.3 is 13.9 Å². The molecule has 5 rings (SSSR count). The van der Waals surface area contributed by atoms with Gasteiger partial charge in [0.25, 0.3) is 5.91 Å². The topological polar surface area (TPSA) is 73.2 Å². The van der Waals surface area contributed by atoms with Gasteiger partial charge in [-0.25, -0.2) is 0 Å². The number of ether oxygens (including phenoxy) is 2. The predicted molar refractivity (Wildman–Crippen MR) is 199 cm³/mol. The first-order valence-electron chi connectivity index (χ1n) is 17.1. The van der Waals surface area contributed by atoms with Gasteiger partial charge in [0, 0.05) is 67.5 Å². The molecule has 0 spiro atoms. The number of piperazine rings is 1. The van der Waals surface area contributed by atoms with E-state index < -0.39 is 14.4 Å². The molecule has 2 heterocycles. The van der Waals surface area contributed by atoms with Crippen LogP contribution in [0.15, 0.2) is 72.8 Å². The van der Waals surface area contributed by atoms with Crippen LogP contribution in [0.1, 0.15) is 54.1 Å². The van der Waals surface area contributed by atoms with Crippen LogP contribution in [0.3, 0.4) is 0 Å². The van der Waals surface area contributed by atoms with Gasteiger partial charge in [0.15, 0.2) is 8.32 Å². The van der Waals surface area contributed by atoms with Gasteiger partial charge in [-0.3, -0.25) is 24.0 Å². The van der Waals surface area contributed by atoms with E-state index in [1.807, 2.05) is 55.5 Å². The van der Waals surface area contributed by atoms with E-state index in [1.54, 1.807) is 35.9 Å². The molecule has 1 atom stereocenters. The summed E-state index contributed by atoms with van der Waals surface area (Å²) >= 11 is 6.09. The Labute approximate surface area is 297 Å². The Hall–Kier alpha value is -3.47. The molecular weight excluding hydrogens is 654 g/mol. The highest BCUT2D eigenvalue weighted by Gasteiger charge is 2.37. The smallest absolute Gasteiger partial charge is 0.311 e. The van der Waals surface area contributed by atoms with E-state index in [1.165, 1.54) is 0 Å². The van der Waals surface area contributed by atoms with Crippen molar-refractivity contribution in [3.05, 3.63) is 100 Å². The lowest BCUT2D eigenvalue weighted by atomic mass is 10.1. The Balaban J connectivity index is 1.29.